The fourth-order valence-electron chi connectivity index (χ4n) is 4.56. The van der Waals surface area contributed by atoms with Crippen molar-refractivity contribution in [3.63, 3.8) is 0 Å². The Kier molecular flexibility index (Phi) is 5.96. The molecule has 2 aliphatic rings. The smallest absolute Gasteiger partial charge is 0.267 e. The number of amides is 1. The Balaban J connectivity index is 1.92. The van der Waals surface area contributed by atoms with E-state index in [1.54, 1.807) is 21.6 Å². The van der Waals surface area contributed by atoms with Crippen molar-refractivity contribution in [2.75, 3.05) is 18.0 Å². The van der Waals surface area contributed by atoms with Crippen molar-refractivity contribution in [2.45, 2.75) is 47.1 Å². The molecule has 6 nitrogen and oxygen atoms in total. The number of nitrogens with zero attached hydrogens (tertiary/aromatic N) is 4. The standard InChI is InChI=1S/C23H28N4O2S2/c1-13(2)27-22(29)18(31-23(27)30)10-17-20(25-11-14(3)9-15(4)12-25)24-19-16(5)7-6-8-26(19)21(17)28/h6-8,10,13-15H,9,11-12H2,1-5H3/b18-10-/t14-,15+. The molecule has 4 heterocycles. The van der Waals surface area contributed by atoms with Gasteiger partial charge in [0.05, 0.1) is 10.5 Å². The van der Waals surface area contributed by atoms with Gasteiger partial charge in [-0.2, -0.15) is 0 Å². The van der Waals surface area contributed by atoms with Crippen molar-refractivity contribution >= 4 is 51.7 Å². The number of aryl methyl sites for hydroxylation is 1. The summed E-state index contributed by atoms with van der Waals surface area (Å²) in [7, 11) is 0. The van der Waals surface area contributed by atoms with E-state index in [-0.39, 0.29) is 17.5 Å². The van der Waals surface area contributed by atoms with Gasteiger partial charge < -0.3 is 4.90 Å². The highest BCUT2D eigenvalue weighted by atomic mass is 32.2. The molecule has 4 rings (SSSR count). The third-order valence-corrected chi connectivity index (χ3v) is 7.18. The molecule has 0 radical (unpaired) electrons. The molecule has 0 aromatic carbocycles. The molecule has 1 amide bonds. The third-order valence-electron chi connectivity index (χ3n) is 5.85. The number of thioether (sulfide) groups is 1. The second-order valence-corrected chi connectivity index (χ2v) is 10.7. The van der Waals surface area contributed by atoms with Crippen molar-refractivity contribution in [1.29, 1.82) is 0 Å². The number of aromatic nitrogens is 2. The molecule has 2 aromatic rings. The molecule has 0 spiro atoms. The fourth-order valence-corrected chi connectivity index (χ4v) is 6.07. The van der Waals surface area contributed by atoms with Crippen LogP contribution in [0, 0.1) is 18.8 Å². The molecule has 164 valence electrons. The number of anilines is 1. The number of carbonyl (C=O) groups excluding carboxylic acids is 1. The van der Waals surface area contributed by atoms with Gasteiger partial charge in [0, 0.05) is 25.3 Å². The van der Waals surface area contributed by atoms with Crippen LogP contribution >= 0.6 is 24.0 Å². The van der Waals surface area contributed by atoms with Crippen molar-refractivity contribution in [1.82, 2.24) is 14.3 Å². The summed E-state index contributed by atoms with van der Waals surface area (Å²) in [6, 6.07) is 3.78. The zero-order valence-electron chi connectivity index (χ0n) is 18.6. The molecule has 2 saturated heterocycles. The van der Waals surface area contributed by atoms with E-state index in [4.69, 9.17) is 17.2 Å². The van der Waals surface area contributed by atoms with Crippen LogP contribution in [0.25, 0.3) is 11.7 Å². The summed E-state index contributed by atoms with van der Waals surface area (Å²) in [5.74, 6) is 1.53. The van der Waals surface area contributed by atoms with Crippen LogP contribution in [0.15, 0.2) is 28.0 Å². The van der Waals surface area contributed by atoms with Gasteiger partial charge in [0.25, 0.3) is 11.5 Å². The highest BCUT2D eigenvalue weighted by Crippen LogP contribution is 2.35. The molecule has 31 heavy (non-hydrogen) atoms. The Morgan fingerprint density at radius 2 is 1.90 bits per heavy atom. The molecule has 2 aromatic heterocycles. The van der Waals surface area contributed by atoms with E-state index < -0.39 is 0 Å². The Morgan fingerprint density at radius 3 is 2.52 bits per heavy atom. The van der Waals surface area contributed by atoms with Gasteiger partial charge >= 0.3 is 0 Å². The van der Waals surface area contributed by atoms with Crippen LogP contribution < -0.4 is 10.5 Å². The lowest BCUT2D eigenvalue weighted by Crippen LogP contribution is -2.40. The molecule has 2 fully saturated rings. The SMILES string of the molecule is Cc1cccn2c(=O)c(/C=C3\SC(=S)N(C(C)C)C3=O)c(N3C[C@H](C)C[C@H](C)C3)nc12. The summed E-state index contributed by atoms with van der Waals surface area (Å²) in [4.78, 5) is 35.8. The van der Waals surface area contributed by atoms with Crippen molar-refractivity contribution in [2.24, 2.45) is 11.8 Å². The largest absolute Gasteiger partial charge is 0.355 e. The van der Waals surface area contributed by atoms with E-state index >= 15 is 0 Å². The zero-order chi connectivity index (χ0) is 22.4. The van der Waals surface area contributed by atoms with Crippen molar-refractivity contribution in [3.05, 3.63) is 44.7 Å². The lowest BCUT2D eigenvalue weighted by molar-refractivity contribution is -0.123. The summed E-state index contributed by atoms with van der Waals surface area (Å²) in [6.45, 7) is 12.0. The Labute approximate surface area is 192 Å². The Bertz CT molecular complexity index is 1140. The zero-order valence-corrected chi connectivity index (χ0v) is 20.2. The van der Waals surface area contributed by atoms with Gasteiger partial charge in [0.15, 0.2) is 0 Å². The van der Waals surface area contributed by atoms with Gasteiger partial charge in [-0.15, -0.1) is 0 Å². The monoisotopic (exact) mass is 456 g/mol. The molecular formula is C23H28N4O2S2. The van der Waals surface area contributed by atoms with Gasteiger partial charge in [0.2, 0.25) is 0 Å². The first-order chi connectivity index (χ1) is 14.7. The van der Waals surface area contributed by atoms with E-state index in [1.807, 2.05) is 32.9 Å². The number of hydrogen-bond donors (Lipinski definition) is 0. The summed E-state index contributed by atoms with van der Waals surface area (Å²) in [6.07, 6.45) is 4.59. The van der Waals surface area contributed by atoms with E-state index in [0.717, 1.165) is 25.1 Å². The number of pyridine rings is 1. The first-order valence-corrected chi connectivity index (χ1v) is 11.9. The van der Waals surface area contributed by atoms with Crippen molar-refractivity contribution in [3.8, 4) is 0 Å². The van der Waals surface area contributed by atoms with Gasteiger partial charge in [-0.05, 0) is 56.7 Å². The quantitative estimate of drug-likeness (QED) is 0.512. The average Bonchev–Trinajstić information content (AvgIpc) is 2.97. The summed E-state index contributed by atoms with van der Waals surface area (Å²) < 4.78 is 2.10. The van der Waals surface area contributed by atoms with Gasteiger partial charge in [0.1, 0.15) is 15.8 Å². The first-order valence-electron chi connectivity index (χ1n) is 10.7. The molecule has 0 aliphatic carbocycles. The summed E-state index contributed by atoms with van der Waals surface area (Å²) in [5.41, 5.74) is 1.88. The summed E-state index contributed by atoms with van der Waals surface area (Å²) >= 11 is 6.67. The molecule has 8 heteroatoms. The lowest BCUT2D eigenvalue weighted by Gasteiger charge is -2.36. The van der Waals surface area contributed by atoms with Crippen LogP contribution in [0.4, 0.5) is 5.82 Å². The number of piperidine rings is 1. The van der Waals surface area contributed by atoms with Crippen LogP contribution in [0.2, 0.25) is 0 Å². The van der Waals surface area contributed by atoms with E-state index in [2.05, 4.69) is 18.7 Å². The molecular weight excluding hydrogens is 428 g/mol. The Morgan fingerprint density at radius 1 is 1.23 bits per heavy atom. The van der Waals surface area contributed by atoms with Crippen LogP contribution in [-0.4, -0.2) is 43.6 Å². The minimum Gasteiger partial charge on any atom is -0.355 e. The second kappa shape index (κ2) is 8.39. The topological polar surface area (TPSA) is 57.9 Å². The maximum atomic E-state index is 13.6. The number of thiocarbonyl (C=S) groups is 1. The maximum Gasteiger partial charge on any atom is 0.267 e. The van der Waals surface area contributed by atoms with E-state index in [0.29, 0.717) is 38.1 Å². The molecule has 0 N–H and O–H groups in total. The van der Waals surface area contributed by atoms with Crippen LogP contribution in [0.3, 0.4) is 0 Å². The molecule has 0 saturated carbocycles. The highest BCUT2D eigenvalue weighted by Gasteiger charge is 2.35. The van der Waals surface area contributed by atoms with Crippen LogP contribution in [-0.2, 0) is 4.79 Å². The molecule has 2 atom stereocenters. The third kappa shape index (κ3) is 4.03. The van der Waals surface area contributed by atoms with Gasteiger partial charge in [-0.3, -0.25) is 18.9 Å². The minimum absolute atomic E-state index is 0.0276. The van der Waals surface area contributed by atoms with Crippen LogP contribution in [0.5, 0.6) is 0 Å². The second-order valence-electron chi connectivity index (χ2n) is 9.04. The molecule has 2 aliphatic heterocycles. The fraction of sp³-hybridized carbons (Fsp3) is 0.478. The number of carbonyl (C=O) groups is 1. The van der Waals surface area contributed by atoms with E-state index in [1.165, 1.54) is 11.8 Å². The average molecular weight is 457 g/mol. The highest BCUT2D eigenvalue weighted by molar-refractivity contribution is 8.26. The number of rotatable bonds is 3. The first kappa shape index (κ1) is 22.0. The number of fused-ring (bicyclic) bond motifs is 1. The van der Waals surface area contributed by atoms with Gasteiger partial charge in [-0.25, -0.2) is 4.98 Å². The number of hydrogen-bond acceptors (Lipinski definition) is 6. The Hall–Kier alpha value is -2.19. The normalized spacial score (nSPS) is 23.6. The molecule has 0 unspecified atom stereocenters. The lowest BCUT2D eigenvalue weighted by atomic mass is 9.91. The van der Waals surface area contributed by atoms with Crippen molar-refractivity contribution < 1.29 is 4.79 Å². The summed E-state index contributed by atoms with van der Waals surface area (Å²) in [5, 5.41) is 0. The predicted molar refractivity (Wildman–Crippen MR) is 132 cm³/mol. The van der Waals surface area contributed by atoms with E-state index in [9.17, 15) is 9.59 Å². The predicted octanol–water partition coefficient (Wildman–Crippen LogP) is 4.09. The minimum atomic E-state index is -0.163. The van der Waals surface area contributed by atoms with Crippen LogP contribution in [0.1, 0.15) is 45.2 Å². The maximum absolute atomic E-state index is 13.6. The molecule has 0 bridgehead atoms. The van der Waals surface area contributed by atoms with Gasteiger partial charge in [-0.1, -0.05) is 43.9 Å².